The number of methoxy groups -OCH3 is 1. The van der Waals surface area contributed by atoms with E-state index in [0.29, 0.717) is 23.1 Å². The van der Waals surface area contributed by atoms with Crippen molar-refractivity contribution in [3.63, 3.8) is 0 Å². The lowest BCUT2D eigenvalue weighted by atomic mass is 10.1. The van der Waals surface area contributed by atoms with Gasteiger partial charge in [-0.25, -0.2) is 0 Å². The van der Waals surface area contributed by atoms with Crippen molar-refractivity contribution in [2.24, 2.45) is 0 Å². The molecule has 2 aromatic rings. The maximum absolute atomic E-state index is 12.4. The molecule has 134 valence electrons. The summed E-state index contributed by atoms with van der Waals surface area (Å²) in [4.78, 5) is 14.3. The van der Waals surface area contributed by atoms with E-state index in [-0.39, 0.29) is 11.9 Å². The molecule has 2 rings (SSSR count). The number of hydrogen-bond acceptors (Lipinski definition) is 3. The Morgan fingerprint density at radius 2 is 1.96 bits per heavy atom. The maximum Gasteiger partial charge on any atom is 0.237 e. The van der Waals surface area contributed by atoms with E-state index in [0.717, 1.165) is 16.9 Å². The van der Waals surface area contributed by atoms with Crippen LogP contribution >= 0.6 is 23.2 Å². The molecule has 1 amide bonds. The van der Waals surface area contributed by atoms with Crippen LogP contribution in [0, 0.1) is 0 Å². The van der Waals surface area contributed by atoms with E-state index in [2.05, 4.69) is 5.32 Å². The molecule has 0 fully saturated rings. The van der Waals surface area contributed by atoms with E-state index in [1.165, 1.54) is 0 Å². The van der Waals surface area contributed by atoms with Crippen molar-refractivity contribution in [3.8, 4) is 5.75 Å². The molecule has 1 N–H and O–H groups in total. The summed E-state index contributed by atoms with van der Waals surface area (Å²) in [7, 11) is 3.50. The molecule has 0 heterocycles. The largest absolute Gasteiger partial charge is 0.497 e. The fourth-order valence-electron chi connectivity index (χ4n) is 2.40. The number of nitrogens with one attached hydrogen (secondary N) is 1. The number of carbonyl (C=O) groups is 1. The highest BCUT2D eigenvalue weighted by Crippen LogP contribution is 2.26. The number of benzene rings is 2. The number of rotatable bonds is 7. The normalized spacial score (nSPS) is 12.1. The van der Waals surface area contributed by atoms with E-state index in [1.54, 1.807) is 13.2 Å². The van der Waals surface area contributed by atoms with Gasteiger partial charge in [-0.2, -0.15) is 0 Å². The third kappa shape index (κ3) is 5.36. The number of halogens is 2. The van der Waals surface area contributed by atoms with Gasteiger partial charge in [0.1, 0.15) is 5.75 Å². The van der Waals surface area contributed by atoms with Gasteiger partial charge >= 0.3 is 0 Å². The monoisotopic (exact) mass is 380 g/mol. The molecule has 0 aliphatic heterocycles. The van der Waals surface area contributed by atoms with Crippen LogP contribution in [0.25, 0.3) is 0 Å². The first-order valence-corrected chi connectivity index (χ1v) is 8.71. The molecule has 0 aliphatic carbocycles. The Morgan fingerprint density at radius 1 is 1.24 bits per heavy atom. The first kappa shape index (κ1) is 19.6. The molecule has 0 bridgehead atoms. The van der Waals surface area contributed by atoms with Crippen LogP contribution in [0.1, 0.15) is 18.1 Å². The van der Waals surface area contributed by atoms with Gasteiger partial charge in [0.15, 0.2) is 0 Å². The average molecular weight is 381 g/mol. The van der Waals surface area contributed by atoms with Crippen LogP contribution in [0.3, 0.4) is 0 Å². The van der Waals surface area contributed by atoms with Crippen molar-refractivity contribution in [1.29, 1.82) is 0 Å². The molecule has 0 aromatic heterocycles. The number of hydrogen-bond donors (Lipinski definition) is 1. The van der Waals surface area contributed by atoms with E-state index in [9.17, 15) is 4.79 Å². The number of ether oxygens (including phenoxy) is 1. The maximum atomic E-state index is 12.4. The highest BCUT2D eigenvalue weighted by atomic mass is 35.5. The van der Waals surface area contributed by atoms with Crippen molar-refractivity contribution < 1.29 is 9.53 Å². The van der Waals surface area contributed by atoms with E-state index >= 15 is 0 Å². The van der Waals surface area contributed by atoms with Crippen molar-refractivity contribution >= 4 is 29.1 Å². The third-order valence-electron chi connectivity index (χ3n) is 4.09. The second-order valence-corrected chi connectivity index (χ2v) is 6.66. The van der Waals surface area contributed by atoms with Gasteiger partial charge in [0.25, 0.3) is 0 Å². The fourth-order valence-corrected chi connectivity index (χ4v) is 2.78. The SMILES string of the molecule is COc1cccc(CNC(=O)C(C)N(C)Cc2cccc(Cl)c2Cl)c1. The molecule has 1 unspecified atom stereocenters. The van der Waals surface area contributed by atoms with Crippen LogP contribution in [-0.4, -0.2) is 31.0 Å². The van der Waals surface area contributed by atoms with Crippen molar-refractivity contribution in [3.05, 3.63) is 63.6 Å². The predicted octanol–water partition coefficient (Wildman–Crippen LogP) is 4.14. The summed E-state index contributed by atoms with van der Waals surface area (Å²) in [5.41, 5.74) is 1.88. The smallest absolute Gasteiger partial charge is 0.237 e. The summed E-state index contributed by atoms with van der Waals surface area (Å²) < 4.78 is 5.19. The van der Waals surface area contributed by atoms with Crippen LogP contribution in [0.2, 0.25) is 10.0 Å². The molecular formula is C19H22Cl2N2O2. The molecule has 1 atom stereocenters. The lowest BCUT2D eigenvalue weighted by molar-refractivity contribution is -0.125. The molecule has 25 heavy (non-hydrogen) atoms. The van der Waals surface area contributed by atoms with E-state index < -0.39 is 0 Å². The molecule has 0 aliphatic rings. The Morgan fingerprint density at radius 3 is 2.68 bits per heavy atom. The minimum Gasteiger partial charge on any atom is -0.497 e. The molecule has 0 spiro atoms. The number of likely N-dealkylation sites (N-methyl/N-ethyl adjacent to an activating group) is 1. The molecule has 2 aromatic carbocycles. The topological polar surface area (TPSA) is 41.6 Å². The lowest BCUT2D eigenvalue weighted by Gasteiger charge is -2.24. The highest BCUT2D eigenvalue weighted by molar-refractivity contribution is 6.42. The van der Waals surface area contributed by atoms with Gasteiger partial charge in [0.2, 0.25) is 5.91 Å². The van der Waals surface area contributed by atoms with Gasteiger partial charge in [-0.05, 0) is 43.3 Å². The minimum atomic E-state index is -0.305. The summed E-state index contributed by atoms with van der Waals surface area (Å²) in [6.45, 7) is 2.85. The summed E-state index contributed by atoms with van der Waals surface area (Å²) in [5.74, 6) is 0.719. The van der Waals surface area contributed by atoms with Gasteiger partial charge in [-0.1, -0.05) is 47.5 Å². The summed E-state index contributed by atoms with van der Waals surface area (Å²) >= 11 is 12.3. The zero-order valence-electron chi connectivity index (χ0n) is 14.6. The molecule has 0 saturated carbocycles. The van der Waals surface area contributed by atoms with Crippen LogP contribution < -0.4 is 10.1 Å². The Bertz CT molecular complexity index is 737. The van der Waals surface area contributed by atoms with Gasteiger partial charge in [0, 0.05) is 13.1 Å². The minimum absolute atomic E-state index is 0.0523. The van der Waals surface area contributed by atoms with Gasteiger partial charge in [-0.3, -0.25) is 9.69 Å². The Hall–Kier alpha value is -1.75. The fraction of sp³-hybridized carbons (Fsp3) is 0.316. The quantitative estimate of drug-likeness (QED) is 0.784. The first-order valence-electron chi connectivity index (χ1n) is 7.96. The number of amides is 1. The Kier molecular flexibility index (Phi) is 7.12. The molecular weight excluding hydrogens is 359 g/mol. The second-order valence-electron chi connectivity index (χ2n) is 5.87. The molecule has 6 heteroatoms. The average Bonchev–Trinajstić information content (AvgIpc) is 2.63. The summed E-state index contributed by atoms with van der Waals surface area (Å²) in [6.07, 6.45) is 0. The first-order chi connectivity index (χ1) is 11.9. The van der Waals surface area contributed by atoms with Crippen LogP contribution in [0.15, 0.2) is 42.5 Å². The van der Waals surface area contributed by atoms with Crippen LogP contribution in [0.4, 0.5) is 0 Å². The lowest BCUT2D eigenvalue weighted by Crippen LogP contribution is -2.42. The molecule has 0 saturated heterocycles. The van der Waals surface area contributed by atoms with Gasteiger partial charge in [-0.15, -0.1) is 0 Å². The predicted molar refractivity (Wildman–Crippen MR) is 102 cm³/mol. The molecule has 4 nitrogen and oxygen atoms in total. The van der Waals surface area contributed by atoms with E-state index in [4.69, 9.17) is 27.9 Å². The standard InChI is InChI=1S/C19H22Cl2N2O2/c1-13(23(2)12-15-7-5-9-17(20)18(15)21)19(24)22-11-14-6-4-8-16(10-14)25-3/h4-10,13H,11-12H2,1-3H3,(H,22,24). The summed E-state index contributed by atoms with van der Waals surface area (Å²) in [5, 5.41) is 3.99. The van der Waals surface area contributed by atoms with Gasteiger partial charge < -0.3 is 10.1 Å². The zero-order chi connectivity index (χ0) is 18.4. The Balaban J connectivity index is 1.93. The van der Waals surface area contributed by atoms with Crippen LogP contribution in [0.5, 0.6) is 5.75 Å². The van der Waals surface area contributed by atoms with E-state index in [1.807, 2.05) is 55.3 Å². The van der Waals surface area contributed by atoms with Crippen molar-refractivity contribution in [2.75, 3.05) is 14.2 Å². The van der Waals surface area contributed by atoms with Crippen molar-refractivity contribution in [2.45, 2.75) is 26.1 Å². The second kappa shape index (κ2) is 9.09. The van der Waals surface area contributed by atoms with Crippen molar-refractivity contribution in [1.82, 2.24) is 10.2 Å². The summed E-state index contributed by atoms with van der Waals surface area (Å²) in [6, 6.07) is 12.8. The van der Waals surface area contributed by atoms with Gasteiger partial charge in [0.05, 0.1) is 23.2 Å². The highest BCUT2D eigenvalue weighted by Gasteiger charge is 2.19. The molecule has 0 radical (unpaired) electrons. The zero-order valence-corrected chi connectivity index (χ0v) is 16.1. The third-order valence-corrected chi connectivity index (χ3v) is 4.95. The number of carbonyl (C=O) groups excluding carboxylic acids is 1. The van der Waals surface area contributed by atoms with Crippen LogP contribution in [-0.2, 0) is 17.9 Å². The number of nitrogens with zero attached hydrogens (tertiary/aromatic N) is 1. The Labute approximate surface area is 158 Å².